The predicted octanol–water partition coefficient (Wildman–Crippen LogP) is 1.85. The van der Waals surface area contributed by atoms with Crippen molar-refractivity contribution in [2.45, 2.75) is 6.92 Å². The van der Waals surface area contributed by atoms with E-state index in [1.54, 1.807) is 0 Å². The Morgan fingerprint density at radius 2 is 2.00 bits per heavy atom. The van der Waals surface area contributed by atoms with E-state index < -0.39 is 5.97 Å². The number of hydrogen-bond donors (Lipinski definition) is 2. The number of aliphatic imine (C=N–C) groups is 1. The summed E-state index contributed by atoms with van der Waals surface area (Å²) in [6.07, 6.45) is 0.977. The molecule has 0 spiro atoms. The molecule has 0 aliphatic rings. The van der Waals surface area contributed by atoms with E-state index >= 15 is 0 Å². The second kappa shape index (κ2) is 5.06. The van der Waals surface area contributed by atoms with Crippen molar-refractivity contribution >= 4 is 17.4 Å². The largest absolute Gasteiger partial charge is 0.478 e. The number of benzene rings is 1. The molecular weight excluding hydrogens is 211 g/mol. The van der Waals surface area contributed by atoms with Crippen LogP contribution in [0.3, 0.4) is 0 Å². The van der Waals surface area contributed by atoms with Crippen LogP contribution in [0.5, 0.6) is 0 Å². The minimum atomic E-state index is -1.15. The van der Waals surface area contributed by atoms with Gasteiger partial charge in [0.1, 0.15) is 5.82 Å². The van der Waals surface area contributed by atoms with E-state index in [9.17, 15) is 9.18 Å². The van der Waals surface area contributed by atoms with Gasteiger partial charge >= 0.3 is 5.97 Å². The average Bonchev–Trinajstić information content (AvgIpc) is 2.22. The Bertz CT molecular complexity index is 450. The van der Waals surface area contributed by atoms with E-state index in [-0.39, 0.29) is 17.1 Å². The third-order valence-electron chi connectivity index (χ3n) is 1.91. The van der Waals surface area contributed by atoms with Crippen LogP contribution in [0.1, 0.15) is 6.92 Å². The molecule has 0 saturated heterocycles. The van der Waals surface area contributed by atoms with E-state index in [2.05, 4.69) is 4.99 Å². The lowest BCUT2D eigenvalue weighted by atomic mass is 10.2. The molecule has 0 unspecified atom stereocenters. The molecule has 1 aromatic carbocycles. The summed E-state index contributed by atoms with van der Waals surface area (Å²) in [7, 11) is 0. The van der Waals surface area contributed by atoms with E-state index in [0.29, 0.717) is 5.69 Å². The van der Waals surface area contributed by atoms with E-state index in [0.717, 1.165) is 6.20 Å². The minimum Gasteiger partial charge on any atom is -0.478 e. The van der Waals surface area contributed by atoms with Crippen LogP contribution in [-0.2, 0) is 4.79 Å². The van der Waals surface area contributed by atoms with Crippen molar-refractivity contribution in [3.63, 3.8) is 0 Å². The summed E-state index contributed by atoms with van der Waals surface area (Å²) in [5.74, 6) is -1.52. The Morgan fingerprint density at radius 3 is 2.44 bits per heavy atom. The first-order chi connectivity index (χ1) is 7.54. The highest BCUT2D eigenvalue weighted by atomic mass is 19.1. The van der Waals surface area contributed by atoms with Gasteiger partial charge in [0.2, 0.25) is 0 Å². The zero-order valence-corrected chi connectivity index (χ0v) is 8.64. The Morgan fingerprint density at radius 1 is 1.44 bits per heavy atom. The smallest absolute Gasteiger partial charge is 0.339 e. The van der Waals surface area contributed by atoms with Crippen LogP contribution in [0.2, 0.25) is 0 Å². The van der Waals surface area contributed by atoms with Gasteiger partial charge < -0.3 is 10.8 Å². The Balaban J connectivity index is 3.00. The van der Waals surface area contributed by atoms with Crippen LogP contribution in [0.25, 0.3) is 0 Å². The molecule has 0 aliphatic heterocycles. The highest BCUT2D eigenvalue weighted by Crippen LogP contribution is 2.14. The number of carboxylic acid groups (broad SMARTS) is 1. The molecule has 1 rings (SSSR count). The van der Waals surface area contributed by atoms with E-state index in [1.807, 2.05) is 0 Å². The Hall–Kier alpha value is -2.17. The van der Waals surface area contributed by atoms with Gasteiger partial charge in [-0.15, -0.1) is 0 Å². The summed E-state index contributed by atoms with van der Waals surface area (Å²) >= 11 is 0. The van der Waals surface area contributed by atoms with Gasteiger partial charge in [0.05, 0.1) is 17.0 Å². The van der Waals surface area contributed by atoms with Gasteiger partial charge in [-0.25, -0.2) is 9.18 Å². The van der Waals surface area contributed by atoms with Crippen LogP contribution >= 0.6 is 0 Å². The van der Waals surface area contributed by atoms with Crippen molar-refractivity contribution in [3.8, 4) is 0 Å². The molecule has 84 valence electrons. The minimum absolute atomic E-state index is 0.0793. The van der Waals surface area contributed by atoms with Gasteiger partial charge in [0.15, 0.2) is 0 Å². The topological polar surface area (TPSA) is 75.7 Å². The maximum absolute atomic E-state index is 12.6. The van der Waals surface area contributed by atoms with Crippen molar-refractivity contribution in [2.24, 2.45) is 10.7 Å². The van der Waals surface area contributed by atoms with Gasteiger partial charge in [-0.1, -0.05) is 0 Å². The van der Waals surface area contributed by atoms with Gasteiger partial charge in [0.25, 0.3) is 0 Å². The molecule has 16 heavy (non-hydrogen) atoms. The van der Waals surface area contributed by atoms with Crippen LogP contribution < -0.4 is 5.73 Å². The summed E-state index contributed by atoms with van der Waals surface area (Å²) < 4.78 is 12.6. The lowest BCUT2D eigenvalue weighted by Crippen LogP contribution is -2.11. The van der Waals surface area contributed by atoms with Crippen molar-refractivity contribution in [2.75, 3.05) is 0 Å². The molecular formula is C11H11FN2O2. The summed E-state index contributed by atoms with van der Waals surface area (Å²) in [4.78, 5) is 14.7. The molecule has 0 atom stereocenters. The quantitative estimate of drug-likeness (QED) is 0.605. The van der Waals surface area contributed by atoms with E-state index in [4.69, 9.17) is 10.8 Å². The molecule has 0 fully saturated rings. The maximum Gasteiger partial charge on any atom is 0.339 e. The zero-order valence-electron chi connectivity index (χ0n) is 8.64. The molecule has 0 aliphatic carbocycles. The van der Waals surface area contributed by atoms with Crippen molar-refractivity contribution < 1.29 is 14.3 Å². The van der Waals surface area contributed by atoms with Gasteiger partial charge in [-0.05, 0) is 31.2 Å². The molecule has 4 nitrogen and oxygen atoms in total. The van der Waals surface area contributed by atoms with Gasteiger partial charge in [-0.3, -0.25) is 4.99 Å². The van der Waals surface area contributed by atoms with Gasteiger partial charge in [-0.2, -0.15) is 0 Å². The fourth-order valence-corrected chi connectivity index (χ4v) is 1.12. The normalized spacial score (nSPS) is 12.6. The fourth-order valence-electron chi connectivity index (χ4n) is 1.12. The number of hydrogen-bond acceptors (Lipinski definition) is 3. The SMILES string of the molecule is CC(=Nc1ccc(F)cc1)C(=CN)C(=O)O. The number of rotatable bonds is 3. The third kappa shape index (κ3) is 2.91. The van der Waals surface area contributed by atoms with Crippen LogP contribution in [0, 0.1) is 5.82 Å². The first-order valence-electron chi connectivity index (χ1n) is 4.51. The second-order valence-electron chi connectivity index (χ2n) is 3.06. The molecule has 0 bridgehead atoms. The monoisotopic (exact) mass is 222 g/mol. The molecule has 0 aromatic heterocycles. The first-order valence-corrected chi connectivity index (χ1v) is 4.51. The third-order valence-corrected chi connectivity index (χ3v) is 1.91. The zero-order chi connectivity index (χ0) is 12.1. The fraction of sp³-hybridized carbons (Fsp3) is 0.0909. The summed E-state index contributed by atoms with van der Waals surface area (Å²) in [5.41, 5.74) is 5.83. The number of carbonyl (C=O) groups is 1. The maximum atomic E-state index is 12.6. The predicted molar refractivity (Wildman–Crippen MR) is 59.1 cm³/mol. The average molecular weight is 222 g/mol. The van der Waals surface area contributed by atoms with Crippen molar-refractivity contribution in [1.29, 1.82) is 0 Å². The summed E-state index contributed by atoms with van der Waals surface area (Å²) in [6, 6.07) is 5.40. The first kappa shape index (κ1) is 11.9. The second-order valence-corrected chi connectivity index (χ2v) is 3.06. The highest BCUT2D eigenvalue weighted by Gasteiger charge is 2.09. The molecule has 0 amide bonds. The molecule has 1 aromatic rings. The summed E-state index contributed by atoms with van der Waals surface area (Å²) in [5, 5.41) is 8.78. The Kier molecular flexibility index (Phi) is 3.77. The number of nitrogens with two attached hydrogens (primary N) is 1. The molecule has 0 heterocycles. The lowest BCUT2D eigenvalue weighted by Gasteiger charge is -2.00. The Labute approximate surface area is 91.9 Å². The lowest BCUT2D eigenvalue weighted by molar-refractivity contribution is -0.132. The number of nitrogens with zero attached hydrogens (tertiary/aromatic N) is 1. The molecule has 0 saturated carbocycles. The van der Waals surface area contributed by atoms with Gasteiger partial charge in [0, 0.05) is 6.20 Å². The standard InChI is InChI=1S/C11H11FN2O2/c1-7(10(6-13)11(15)16)14-9-4-2-8(12)3-5-9/h2-6H,13H2,1H3,(H,15,16). The molecule has 3 N–H and O–H groups in total. The van der Waals surface area contributed by atoms with Crippen LogP contribution in [0.4, 0.5) is 10.1 Å². The van der Waals surface area contributed by atoms with Crippen LogP contribution in [-0.4, -0.2) is 16.8 Å². The van der Waals surface area contributed by atoms with Crippen molar-refractivity contribution in [3.05, 3.63) is 41.9 Å². The molecule has 0 radical (unpaired) electrons. The summed E-state index contributed by atoms with van der Waals surface area (Å²) in [6.45, 7) is 1.52. The number of carboxylic acids is 1. The number of halogens is 1. The number of aliphatic carboxylic acids is 1. The highest BCUT2D eigenvalue weighted by molar-refractivity contribution is 6.18. The van der Waals surface area contributed by atoms with Crippen molar-refractivity contribution in [1.82, 2.24) is 0 Å². The van der Waals surface area contributed by atoms with Crippen LogP contribution in [0.15, 0.2) is 41.0 Å². The van der Waals surface area contributed by atoms with E-state index in [1.165, 1.54) is 31.2 Å². The molecule has 5 heteroatoms.